The number of rotatable bonds is 7. The number of hydrazine groups is 1. The molecule has 2 aromatic carbocycles. The van der Waals surface area contributed by atoms with Crippen molar-refractivity contribution in [3.63, 3.8) is 0 Å². The van der Waals surface area contributed by atoms with Crippen molar-refractivity contribution in [2.45, 2.75) is 19.7 Å². The molecule has 0 radical (unpaired) electrons. The fourth-order valence-electron chi connectivity index (χ4n) is 2.06. The monoisotopic (exact) mass is 396 g/mol. The molecule has 2 N–H and O–H groups in total. The molecular weight excluding hydrogens is 377 g/mol. The van der Waals surface area contributed by atoms with Crippen LogP contribution in [0.3, 0.4) is 0 Å². The number of carbonyl (C=O) groups is 2. The van der Waals surface area contributed by atoms with Crippen LogP contribution < -0.4 is 15.6 Å². The van der Waals surface area contributed by atoms with Crippen molar-refractivity contribution in [2.24, 2.45) is 0 Å². The molecule has 0 aliphatic rings. The molecule has 0 saturated heterocycles. The number of hydrogen-bond donors (Lipinski definition) is 2. The lowest BCUT2D eigenvalue weighted by Gasteiger charge is -2.10. The van der Waals surface area contributed by atoms with E-state index in [4.69, 9.17) is 4.74 Å². The zero-order valence-electron chi connectivity index (χ0n) is 15.0. The van der Waals surface area contributed by atoms with E-state index in [-0.39, 0.29) is 18.8 Å². The Bertz CT molecular complexity index is 790. The van der Waals surface area contributed by atoms with Gasteiger partial charge in [0.25, 0.3) is 11.8 Å². The van der Waals surface area contributed by atoms with E-state index >= 15 is 0 Å². The fourth-order valence-corrected chi connectivity index (χ4v) is 2.06. The predicted octanol–water partition coefficient (Wildman–Crippen LogP) is 2.91. The van der Waals surface area contributed by atoms with Crippen molar-refractivity contribution >= 4 is 11.8 Å². The van der Waals surface area contributed by atoms with Gasteiger partial charge in [0.2, 0.25) is 0 Å². The van der Waals surface area contributed by atoms with E-state index in [1.165, 1.54) is 24.3 Å². The molecule has 150 valence electrons. The number of amides is 2. The van der Waals surface area contributed by atoms with Crippen molar-refractivity contribution in [3.05, 3.63) is 65.2 Å². The Hall–Kier alpha value is -3.07. The van der Waals surface area contributed by atoms with E-state index in [0.717, 1.165) is 5.56 Å². The smallest absolute Gasteiger partial charge is 0.411 e. The number of ether oxygens (including phenoxy) is 2. The largest absolute Gasteiger partial charge is 0.484 e. The molecule has 0 unspecified atom stereocenters. The van der Waals surface area contributed by atoms with Gasteiger partial charge in [-0.1, -0.05) is 29.8 Å². The van der Waals surface area contributed by atoms with E-state index in [9.17, 15) is 22.8 Å². The Kier molecular flexibility index (Phi) is 7.39. The number of carbonyl (C=O) groups excluding carboxylic acids is 2. The Morgan fingerprint density at radius 3 is 2.21 bits per heavy atom. The van der Waals surface area contributed by atoms with Gasteiger partial charge in [0.05, 0.1) is 6.61 Å². The van der Waals surface area contributed by atoms with Crippen LogP contribution in [-0.4, -0.2) is 31.2 Å². The van der Waals surface area contributed by atoms with Crippen molar-refractivity contribution in [3.8, 4) is 5.75 Å². The summed E-state index contributed by atoms with van der Waals surface area (Å²) in [5.74, 6) is -0.604. The zero-order chi connectivity index (χ0) is 20.6. The third-order valence-corrected chi connectivity index (χ3v) is 3.46. The van der Waals surface area contributed by atoms with Gasteiger partial charge in [-0.3, -0.25) is 20.4 Å². The maximum absolute atomic E-state index is 12.0. The van der Waals surface area contributed by atoms with Crippen LogP contribution in [0.1, 0.15) is 21.5 Å². The van der Waals surface area contributed by atoms with Crippen LogP contribution in [-0.2, 0) is 16.1 Å². The van der Waals surface area contributed by atoms with Crippen LogP contribution in [0.25, 0.3) is 0 Å². The van der Waals surface area contributed by atoms with Crippen LogP contribution in [0.2, 0.25) is 0 Å². The molecule has 9 heteroatoms. The van der Waals surface area contributed by atoms with Gasteiger partial charge in [-0.15, -0.1) is 0 Å². The average Bonchev–Trinajstić information content (AvgIpc) is 2.65. The van der Waals surface area contributed by atoms with E-state index in [1.54, 1.807) is 12.1 Å². The molecule has 2 amide bonds. The van der Waals surface area contributed by atoms with E-state index in [1.807, 2.05) is 19.1 Å². The highest BCUT2D eigenvalue weighted by atomic mass is 19.4. The van der Waals surface area contributed by atoms with Crippen LogP contribution in [0.5, 0.6) is 5.75 Å². The van der Waals surface area contributed by atoms with Gasteiger partial charge < -0.3 is 9.47 Å². The lowest BCUT2D eigenvalue weighted by Crippen LogP contribution is -2.43. The van der Waals surface area contributed by atoms with Crippen molar-refractivity contribution < 1.29 is 32.2 Å². The summed E-state index contributed by atoms with van der Waals surface area (Å²) in [4.78, 5) is 23.7. The quantitative estimate of drug-likeness (QED) is 0.706. The van der Waals surface area contributed by atoms with Crippen LogP contribution >= 0.6 is 0 Å². The van der Waals surface area contributed by atoms with Gasteiger partial charge in [-0.05, 0) is 36.8 Å². The lowest BCUT2D eigenvalue weighted by molar-refractivity contribution is -0.176. The number of aryl methyl sites for hydroxylation is 1. The third kappa shape index (κ3) is 7.67. The van der Waals surface area contributed by atoms with Crippen molar-refractivity contribution in [1.82, 2.24) is 10.9 Å². The molecule has 0 aliphatic carbocycles. The van der Waals surface area contributed by atoms with E-state index in [0.29, 0.717) is 11.3 Å². The number of alkyl halides is 3. The summed E-state index contributed by atoms with van der Waals surface area (Å²) < 4.78 is 45.9. The fraction of sp³-hybridized carbons (Fsp3) is 0.263. The zero-order valence-corrected chi connectivity index (χ0v) is 15.0. The van der Waals surface area contributed by atoms with Gasteiger partial charge in [-0.25, -0.2) is 0 Å². The minimum absolute atomic E-state index is 0.222. The van der Waals surface area contributed by atoms with Gasteiger partial charge in [-0.2, -0.15) is 13.2 Å². The minimum atomic E-state index is -4.39. The highest BCUT2D eigenvalue weighted by Gasteiger charge is 2.27. The molecule has 0 heterocycles. The molecule has 0 aliphatic heterocycles. The Morgan fingerprint density at radius 2 is 1.61 bits per heavy atom. The van der Waals surface area contributed by atoms with Gasteiger partial charge in [0, 0.05) is 5.56 Å². The van der Waals surface area contributed by atoms with Gasteiger partial charge >= 0.3 is 6.18 Å². The Balaban J connectivity index is 1.73. The second-order valence-corrected chi connectivity index (χ2v) is 5.91. The molecular formula is C19H19F3N2O4. The molecule has 0 atom stereocenters. The van der Waals surface area contributed by atoms with Crippen molar-refractivity contribution in [2.75, 3.05) is 13.2 Å². The molecule has 0 aromatic heterocycles. The molecule has 0 spiro atoms. The Morgan fingerprint density at radius 1 is 0.964 bits per heavy atom. The Labute approximate surface area is 159 Å². The lowest BCUT2D eigenvalue weighted by atomic mass is 10.1. The first-order valence-electron chi connectivity index (χ1n) is 8.25. The topological polar surface area (TPSA) is 76.7 Å². The average molecular weight is 396 g/mol. The second kappa shape index (κ2) is 9.75. The maximum atomic E-state index is 12.0. The summed E-state index contributed by atoms with van der Waals surface area (Å²) in [5.41, 5.74) is 6.20. The normalized spacial score (nSPS) is 11.0. The molecule has 0 fully saturated rings. The number of halogens is 3. The highest BCUT2D eigenvalue weighted by molar-refractivity contribution is 5.95. The van der Waals surface area contributed by atoms with Crippen LogP contribution in [0, 0.1) is 6.92 Å². The van der Waals surface area contributed by atoms with E-state index < -0.39 is 24.6 Å². The van der Waals surface area contributed by atoms with Gasteiger partial charge in [0.15, 0.2) is 6.61 Å². The van der Waals surface area contributed by atoms with Crippen LogP contribution in [0.4, 0.5) is 13.2 Å². The minimum Gasteiger partial charge on any atom is -0.484 e. The first-order chi connectivity index (χ1) is 13.2. The SMILES string of the molecule is Cc1ccc(OCC(=O)NNC(=O)c2ccc(COCC(F)(F)F)cc2)cc1. The summed E-state index contributed by atoms with van der Waals surface area (Å²) in [6.07, 6.45) is -4.39. The summed E-state index contributed by atoms with van der Waals surface area (Å²) in [6.45, 7) is 0.0768. The third-order valence-electron chi connectivity index (χ3n) is 3.46. The van der Waals surface area contributed by atoms with Gasteiger partial charge in [0.1, 0.15) is 12.4 Å². The maximum Gasteiger partial charge on any atom is 0.411 e. The molecule has 2 rings (SSSR count). The molecule has 0 saturated carbocycles. The molecule has 0 bridgehead atoms. The molecule has 28 heavy (non-hydrogen) atoms. The summed E-state index contributed by atoms with van der Waals surface area (Å²) >= 11 is 0. The highest BCUT2D eigenvalue weighted by Crippen LogP contribution is 2.16. The standard InChI is InChI=1S/C19H19F3N2O4/c1-13-2-8-16(9-3-13)28-11-17(25)23-24-18(26)15-6-4-14(5-7-15)10-27-12-19(20,21)22/h2-9H,10-12H2,1H3,(H,23,25)(H,24,26). The summed E-state index contributed by atoms with van der Waals surface area (Å²) in [7, 11) is 0. The number of benzene rings is 2. The molecule has 2 aromatic rings. The number of hydrogen-bond acceptors (Lipinski definition) is 4. The summed E-state index contributed by atoms with van der Waals surface area (Å²) in [6, 6.07) is 12.9. The first kappa shape index (κ1) is 21.2. The number of nitrogens with one attached hydrogen (secondary N) is 2. The second-order valence-electron chi connectivity index (χ2n) is 5.91. The summed E-state index contributed by atoms with van der Waals surface area (Å²) in [5, 5.41) is 0. The first-order valence-corrected chi connectivity index (χ1v) is 8.25. The van der Waals surface area contributed by atoms with E-state index in [2.05, 4.69) is 15.6 Å². The van der Waals surface area contributed by atoms with Crippen LogP contribution in [0.15, 0.2) is 48.5 Å². The van der Waals surface area contributed by atoms with Crippen molar-refractivity contribution in [1.29, 1.82) is 0 Å². The molecule has 6 nitrogen and oxygen atoms in total. The predicted molar refractivity (Wildman–Crippen MR) is 94.4 cm³/mol.